The number of rotatable bonds is 8. The first-order valence-corrected chi connectivity index (χ1v) is 12.9. The van der Waals surface area contributed by atoms with Gasteiger partial charge in [-0.05, 0) is 61.1 Å². The average Bonchev–Trinajstić information content (AvgIpc) is 3.28. The van der Waals surface area contributed by atoms with Gasteiger partial charge in [0.2, 0.25) is 11.9 Å². The zero-order valence-corrected chi connectivity index (χ0v) is 20.7. The van der Waals surface area contributed by atoms with Crippen molar-refractivity contribution in [2.24, 2.45) is 5.92 Å². The molecule has 1 fully saturated rings. The monoisotopic (exact) mass is 484 g/mol. The number of halogens is 1. The standard InChI is InChI=1S/C30H33FN4O/c1-2-26(20-22-8-4-3-5-9-22)32-29(36)24-16-18-34(19-17-24)30-33-27-10-6-7-11-28(27)35(30)21-23-12-14-25(31)15-13-23/h3-15,24,26H,2,16-21H2,1H3,(H,32,36)/t26-/m0/s1. The third-order valence-corrected chi connectivity index (χ3v) is 7.20. The maximum absolute atomic E-state index is 13.4. The van der Waals surface area contributed by atoms with Crippen LogP contribution in [-0.4, -0.2) is 34.6 Å². The minimum Gasteiger partial charge on any atom is -0.353 e. The van der Waals surface area contributed by atoms with Crippen molar-refractivity contribution >= 4 is 22.9 Å². The fourth-order valence-electron chi connectivity index (χ4n) is 5.09. The van der Waals surface area contributed by atoms with Crippen LogP contribution in [0.5, 0.6) is 0 Å². The first-order valence-electron chi connectivity index (χ1n) is 12.9. The summed E-state index contributed by atoms with van der Waals surface area (Å²) in [6.45, 7) is 4.30. The summed E-state index contributed by atoms with van der Waals surface area (Å²) in [6, 6.07) is 25.3. The highest BCUT2D eigenvalue weighted by molar-refractivity contribution is 5.80. The second-order valence-electron chi connectivity index (χ2n) is 9.68. The number of piperidine rings is 1. The van der Waals surface area contributed by atoms with E-state index in [2.05, 4.69) is 39.9 Å². The molecule has 1 saturated heterocycles. The van der Waals surface area contributed by atoms with Gasteiger partial charge in [0.25, 0.3) is 0 Å². The van der Waals surface area contributed by atoms with Gasteiger partial charge in [-0.1, -0.05) is 61.5 Å². The molecule has 36 heavy (non-hydrogen) atoms. The number of para-hydroxylation sites is 2. The number of carbonyl (C=O) groups excluding carboxylic acids is 1. The largest absolute Gasteiger partial charge is 0.353 e. The number of carbonyl (C=O) groups is 1. The Morgan fingerprint density at radius 2 is 1.67 bits per heavy atom. The highest BCUT2D eigenvalue weighted by Gasteiger charge is 2.28. The topological polar surface area (TPSA) is 50.2 Å². The molecule has 0 saturated carbocycles. The van der Waals surface area contributed by atoms with Crippen LogP contribution >= 0.6 is 0 Å². The fourth-order valence-corrected chi connectivity index (χ4v) is 5.09. The van der Waals surface area contributed by atoms with Crippen molar-refractivity contribution < 1.29 is 9.18 Å². The molecule has 0 spiro atoms. The van der Waals surface area contributed by atoms with Crippen LogP contribution in [0, 0.1) is 11.7 Å². The molecule has 1 aromatic heterocycles. The van der Waals surface area contributed by atoms with Gasteiger partial charge in [0.15, 0.2) is 0 Å². The van der Waals surface area contributed by atoms with Gasteiger partial charge in [0.05, 0.1) is 17.6 Å². The third-order valence-electron chi connectivity index (χ3n) is 7.20. The van der Waals surface area contributed by atoms with Crippen molar-refractivity contribution in [1.29, 1.82) is 0 Å². The number of anilines is 1. The molecule has 5 rings (SSSR count). The summed E-state index contributed by atoms with van der Waals surface area (Å²) >= 11 is 0. The SMILES string of the molecule is CC[C@@H](Cc1ccccc1)NC(=O)C1CCN(c2nc3ccccc3n2Cc2ccc(F)cc2)CC1. The van der Waals surface area contributed by atoms with Crippen molar-refractivity contribution in [2.75, 3.05) is 18.0 Å². The van der Waals surface area contributed by atoms with Crippen molar-refractivity contribution in [1.82, 2.24) is 14.9 Å². The Kier molecular flexibility index (Phi) is 7.31. The number of nitrogens with zero attached hydrogens (tertiary/aromatic N) is 3. The number of nitrogens with one attached hydrogen (secondary N) is 1. The molecule has 3 aromatic carbocycles. The molecule has 1 aliphatic heterocycles. The molecule has 4 aromatic rings. The summed E-state index contributed by atoms with van der Waals surface area (Å²) in [4.78, 5) is 20.3. The number of imidazole rings is 1. The lowest BCUT2D eigenvalue weighted by Gasteiger charge is -2.33. The van der Waals surface area contributed by atoms with Gasteiger partial charge in [0.1, 0.15) is 5.82 Å². The molecule has 2 heterocycles. The smallest absolute Gasteiger partial charge is 0.223 e. The Hall–Kier alpha value is -3.67. The van der Waals surface area contributed by atoms with Crippen LogP contribution in [0.25, 0.3) is 11.0 Å². The number of fused-ring (bicyclic) bond motifs is 1. The maximum Gasteiger partial charge on any atom is 0.223 e. The van der Waals surface area contributed by atoms with E-state index >= 15 is 0 Å². The molecule has 0 unspecified atom stereocenters. The first-order chi connectivity index (χ1) is 17.6. The van der Waals surface area contributed by atoms with E-state index in [1.54, 1.807) is 0 Å². The quantitative estimate of drug-likeness (QED) is 0.355. The Bertz CT molecular complexity index is 1290. The fraction of sp³-hybridized carbons (Fsp3) is 0.333. The van der Waals surface area contributed by atoms with Gasteiger partial charge in [-0.3, -0.25) is 4.79 Å². The lowest BCUT2D eigenvalue weighted by atomic mass is 9.95. The van der Waals surface area contributed by atoms with Crippen LogP contribution in [0.1, 0.15) is 37.3 Å². The van der Waals surface area contributed by atoms with Gasteiger partial charge >= 0.3 is 0 Å². The predicted octanol–water partition coefficient (Wildman–Crippen LogP) is 5.58. The van der Waals surface area contributed by atoms with Crippen LogP contribution < -0.4 is 10.2 Å². The van der Waals surface area contributed by atoms with Crippen molar-refractivity contribution in [3.63, 3.8) is 0 Å². The molecule has 0 aliphatic carbocycles. The van der Waals surface area contributed by atoms with Gasteiger partial charge in [-0.25, -0.2) is 9.37 Å². The molecular weight excluding hydrogens is 451 g/mol. The lowest BCUT2D eigenvalue weighted by molar-refractivity contribution is -0.126. The van der Waals surface area contributed by atoms with Crippen LogP contribution in [0.4, 0.5) is 10.3 Å². The molecule has 186 valence electrons. The highest BCUT2D eigenvalue weighted by Crippen LogP contribution is 2.28. The molecule has 1 amide bonds. The van der Waals surface area contributed by atoms with Crippen LogP contribution in [0.2, 0.25) is 0 Å². The molecular formula is C30H33FN4O. The van der Waals surface area contributed by atoms with E-state index in [9.17, 15) is 9.18 Å². The number of benzene rings is 3. The third kappa shape index (κ3) is 5.43. The van der Waals surface area contributed by atoms with E-state index in [1.807, 2.05) is 48.5 Å². The van der Waals surface area contributed by atoms with Gasteiger partial charge in [-0.2, -0.15) is 0 Å². The Morgan fingerprint density at radius 1 is 0.972 bits per heavy atom. The average molecular weight is 485 g/mol. The number of hydrogen-bond acceptors (Lipinski definition) is 3. The minimum absolute atomic E-state index is 0.0148. The summed E-state index contributed by atoms with van der Waals surface area (Å²) in [7, 11) is 0. The molecule has 0 radical (unpaired) electrons. The summed E-state index contributed by atoms with van der Waals surface area (Å²) in [5.41, 5.74) is 4.28. The molecule has 1 N–H and O–H groups in total. The Balaban J connectivity index is 1.26. The lowest BCUT2D eigenvalue weighted by Crippen LogP contribution is -2.45. The van der Waals surface area contributed by atoms with E-state index in [1.165, 1.54) is 17.7 Å². The summed E-state index contributed by atoms with van der Waals surface area (Å²) in [6.07, 6.45) is 3.36. The van der Waals surface area contributed by atoms with Crippen molar-refractivity contribution in [3.8, 4) is 0 Å². The molecule has 1 atom stereocenters. The van der Waals surface area contributed by atoms with E-state index in [4.69, 9.17) is 4.98 Å². The molecule has 6 heteroatoms. The van der Waals surface area contributed by atoms with Gasteiger partial charge in [-0.15, -0.1) is 0 Å². The summed E-state index contributed by atoms with van der Waals surface area (Å²) < 4.78 is 15.6. The second-order valence-corrected chi connectivity index (χ2v) is 9.68. The predicted molar refractivity (Wildman–Crippen MR) is 143 cm³/mol. The van der Waals surface area contributed by atoms with Crippen molar-refractivity contribution in [3.05, 3.63) is 95.8 Å². The number of hydrogen-bond donors (Lipinski definition) is 1. The zero-order valence-electron chi connectivity index (χ0n) is 20.7. The van der Waals surface area contributed by atoms with Gasteiger partial charge in [0, 0.05) is 25.0 Å². The molecule has 1 aliphatic rings. The molecule has 0 bridgehead atoms. The number of amides is 1. The minimum atomic E-state index is -0.233. The number of aromatic nitrogens is 2. The van der Waals surface area contributed by atoms with Crippen LogP contribution in [-0.2, 0) is 17.8 Å². The highest BCUT2D eigenvalue weighted by atomic mass is 19.1. The summed E-state index contributed by atoms with van der Waals surface area (Å²) in [5, 5.41) is 3.30. The zero-order chi connectivity index (χ0) is 24.9. The van der Waals surface area contributed by atoms with E-state index in [0.29, 0.717) is 6.54 Å². The molecule has 5 nitrogen and oxygen atoms in total. The van der Waals surface area contributed by atoms with E-state index in [0.717, 1.165) is 61.3 Å². The maximum atomic E-state index is 13.4. The van der Waals surface area contributed by atoms with E-state index < -0.39 is 0 Å². The first kappa shape index (κ1) is 24.0. The van der Waals surface area contributed by atoms with Crippen LogP contribution in [0.15, 0.2) is 78.9 Å². The van der Waals surface area contributed by atoms with Crippen LogP contribution in [0.3, 0.4) is 0 Å². The van der Waals surface area contributed by atoms with Gasteiger partial charge < -0.3 is 14.8 Å². The normalized spacial score (nSPS) is 15.2. The van der Waals surface area contributed by atoms with Crippen molar-refractivity contribution in [2.45, 2.75) is 45.2 Å². The second kappa shape index (κ2) is 10.9. The Morgan fingerprint density at radius 3 is 2.39 bits per heavy atom. The van der Waals surface area contributed by atoms with E-state index in [-0.39, 0.29) is 23.7 Å². The summed E-state index contributed by atoms with van der Waals surface area (Å²) in [5.74, 6) is 0.858. The Labute approximate surface area is 212 Å².